The molecule has 0 amide bonds. The normalized spacial score (nSPS) is 8.29. The fraction of sp³-hybridized carbons (Fsp3) is 0. The molecule has 0 bridgehead atoms. The molecule has 0 heterocycles. The number of hydrogen-bond acceptors (Lipinski definition) is 4. The maximum absolute atomic E-state index is 8.52. The smallest absolute Gasteiger partial charge is 0.759 e. The summed E-state index contributed by atoms with van der Waals surface area (Å²) in [5.74, 6) is 0. The Bertz CT molecular complexity index is 91.2. The number of rotatable bonds is 0. The second-order valence-electron chi connectivity index (χ2n) is 0.408. The predicted molar refractivity (Wildman–Crippen MR) is 14.1 cm³/mol. The summed E-state index contributed by atoms with van der Waals surface area (Å²) < 4.78 is 34.1. The van der Waals surface area contributed by atoms with Gasteiger partial charge in [-0.1, -0.05) is 0 Å². The van der Waals surface area contributed by atoms with E-state index < -0.39 is 10.4 Å². The zero-order valence-electron chi connectivity index (χ0n) is 2.89. The molecule has 0 saturated heterocycles. The summed E-state index contributed by atoms with van der Waals surface area (Å²) in [6.45, 7) is 0. The van der Waals surface area contributed by atoms with Gasteiger partial charge in [0.15, 0.2) is 0 Å². The van der Waals surface area contributed by atoms with E-state index in [1.54, 1.807) is 0 Å². The van der Waals surface area contributed by atoms with Gasteiger partial charge in [0.2, 0.25) is 0 Å². The Labute approximate surface area is 51.1 Å². The third-order valence-corrected chi connectivity index (χ3v) is 0. The van der Waals surface area contributed by atoms with E-state index in [4.69, 9.17) is 17.5 Å². The van der Waals surface area contributed by atoms with Crippen LogP contribution in [0.3, 0.4) is 0 Å². The molecule has 2 N–H and O–H groups in total. The first-order chi connectivity index (χ1) is 2.00. The predicted octanol–water partition coefficient (Wildman–Crippen LogP) is -2.17. The first-order valence-electron chi connectivity index (χ1n) is 0.667. The summed E-state index contributed by atoms with van der Waals surface area (Å²) in [6, 6.07) is 0. The van der Waals surface area contributed by atoms with Gasteiger partial charge in [-0.25, -0.2) is 0 Å². The van der Waals surface area contributed by atoms with Crippen LogP contribution < -0.4 is 0 Å². The van der Waals surface area contributed by atoms with Crippen LogP contribution in [0.25, 0.3) is 0 Å². The average Bonchev–Trinajstić information content (AvgIpc) is 0.722. The van der Waals surface area contributed by atoms with Crippen LogP contribution in [0.5, 0.6) is 0 Å². The van der Waals surface area contributed by atoms with Crippen molar-refractivity contribution < 1.29 is 40.1 Å². The summed E-state index contributed by atoms with van der Waals surface area (Å²) in [6.07, 6.45) is 0. The molecule has 0 aromatic carbocycles. The molecule has 0 aliphatic rings. The summed E-state index contributed by atoms with van der Waals surface area (Å²) in [5.41, 5.74) is 0. The van der Waals surface area contributed by atoms with Gasteiger partial charge in [-0.15, -0.1) is 0 Å². The van der Waals surface area contributed by atoms with Crippen LogP contribution in [-0.2, 0) is 27.5 Å². The second kappa shape index (κ2) is 4.51. The van der Waals surface area contributed by atoms with Crippen molar-refractivity contribution in [2.75, 3.05) is 0 Å². The standard InChI is InChI=1S/Fe.H2O4S.H2O/c;1-5(2,3)4;/h;(H2,1,2,3,4);1H2/q+2;;/p-2. The molecule has 0 aromatic rings. The summed E-state index contributed by atoms with van der Waals surface area (Å²) in [7, 11) is -5.17. The molecule has 0 spiro atoms. The first-order valence-corrected chi connectivity index (χ1v) is 2.00. The first kappa shape index (κ1) is 15.7. The van der Waals surface area contributed by atoms with Crippen molar-refractivity contribution in [3.63, 3.8) is 0 Å². The van der Waals surface area contributed by atoms with Crippen molar-refractivity contribution >= 4 is 10.4 Å². The van der Waals surface area contributed by atoms with Gasteiger partial charge in [0, 0.05) is 10.4 Å². The van der Waals surface area contributed by atoms with Crippen LogP contribution in [0, 0.1) is 0 Å². The molecule has 0 aliphatic carbocycles. The maximum atomic E-state index is 8.52. The van der Waals surface area contributed by atoms with Gasteiger partial charge in [-0.05, 0) is 0 Å². The molecule has 0 saturated carbocycles. The van der Waals surface area contributed by atoms with Crippen LogP contribution in [-0.4, -0.2) is 23.0 Å². The van der Waals surface area contributed by atoms with Gasteiger partial charge in [0.1, 0.15) is 0 Å². The zero-order valence-corrected chi connectivity index (χ0v) is 4.82. The Morgan fingerprint density at radius 3 is 1.14 bits per heavy atom. The molecular formula is H2FeO5S. The van der Waals surface area contributed by atoms with E-state index >= 15 is 0 Å². The Morgan fingerprint density at radius 1 is 1.14 bits per heavy atom. The van der Waals surface area contributed by atoms with E-state index in [9.17, 15) is 0 Å². The minimum atomic E-state index is -5.17. The molecule has 7 heteroatoms. The fourth-order valence-electron chi connectivity index (χ4n) is 0. The van der Waals surface area contributed by atoms with Crippen LogP contribution >= 0.6 is 0 Å². The Hall–Kier alpha value is 0.349. The molecule has 7 heavy (non-hydrogen) atoms. The second-order valence-corrected chi connectivity index (χ2v) is 1.22. The third-order valence-electron chi connectivity index (χ3n) is 0. The van der Waals surface area contributed by atoms with Crippen LogP contribution in [0.2, 0.25) is 0 Å². The molecule has 0 fully saturated rings. The van der Waals surface area contributed by atoms with Crippen molar-refractivity contribution in [3.05, 3.63) is 0 Å². The third kappa shape index (κ3) is 983. The van der Waals surface area contributed by atoms with Crippen molar-refractivity contribution in [1.82, 2.24) is 0 Å². The molecule has 46 valence electrons. The van der Waals surface area contributed by atoms with Crippen molar-refractivity contribution in [2.24, 2.45) is 0 Å². The van der Waals surface area contributed by atoms with Gasteiger partial charge in [-0.3, -0.25) is 8.42 Å². The molecule has 0 radical (unpaired) electrons. The van der Waals surface area contributed by atoms with Crippen LogP contribution in [0.1, 0.15) is 0 Å². The van der Waals surface area contributed by atoms with Gasteiger partial charge < -0.3 is 14.6 Å². The van der Waals surface area contributed by atoms with Crippen molar-refractivity contribution in [2.45, 2.75) is 0 Å². The molecule has 0 aromatic heterocycles. The molecule has 5 nitrogen and oxygen atoms in total. The van der Waals surface area contributed by atoms with Crippen LogP contribution in [0.4, 0.5) is 0 Å². The van der Waals surface area contributed by atoms with Crippen LogP contribution in [0.15, 0.2) is 0 Å². The van der Waals surface area contributed by atoms with Crippen molar-refractivity contribution in [3.8, 4) is 0 Å². The van der Waals surface area contributed by atoms with Crippen molar-refractivity contribution in [1.29, 1.82) is 0 Å². The topological polar surface area (TPSA) is 112 Å². The summed E-state index contributed by atoms with van der Waals surface area (Å²) in [5, 5.41) is 0. The minimum Gasteiger partial charge on any atom is -0.759 e. The van der Waals surface area contributed by atoms with E-state index in [0.29, 0.717) is 0 Å². The maximum Gasteiger partial charge on any atom is 2.00 e. The average molecular weight is 170 g/mol. The van der Waals surface area contributed by atoms with E-state index in [1.807, 2.05) is 0 Å². The minimum absolute atomic E-state index is 0. The van der Waals surface area contributed by atoms with Gasteiger partial charge >= 0.3 is 17.1 Å². The Morgan fingerprint density at radius 2 is 1.14 bits per heavy atom. The molecule has 0 aliphatic heterocycles. The monoisotopic (exact) mass is 170 g/mol. The summed E-state index contributed by atoms with van der Waals surface area (Å²) >= 11 is 0. The van der Waals surface area contributed by atoms with E-state index in [0.717, 1.165) is 0 Å². The fourth-order valence-corrected chi connectivity index (χ4v) is 0. The Kier molecular flexibility index (Phi) is 10.1. The zero-order chi connectivity index (χ0) is 4.50. The quantitative estimate of drug-likeness (QED) is 0.234. The largest absolute Gasteiger partial charge is 2.00 e. The van der Waals surface area contributed by atoms with E-state index in [2.05, 4.69) is 0 Å². The SMILES string of the molecule is O.O=S(=O)([O-])[O-].[Fe+2]. The van der Waals surface area contributed by atoms with E-state index in [-0.39, 0.29) is 22.5 Å². The molecule has 0 unspecified atom stereocenters. The number of hydrogen-bond donors (Lipinski definition) is 0. The molecular weight excluding hydrogens is 168 g/mol. The summed E-state index contributed by atoms with van der Waals surface area (Å²) in [4.78, 5) is 0. The van der Waals surface area contributed by atoms with Gasteiger partial charge in [0.05, 0.1) is 0 Å². The molecule has 0 rings (SSSR count). The van der Waals surface area contributed by atoms with E-state index in [1.165, 1.54) is 0 Å². The van der Waals surface area contributed by atoms with Gasteiger partial charge in [-0.2, -0.15) is 0 Å². The Balaban J connectivity index is -0.0000000800. The molecule has 0 atom stereocenters. The van der Waals surface area contributed by atoms with Gasteiger partial charge in [0.25, 0.3) is 0 Å².